The topological polar surface area (TPSA) is 32.3 Å². The molecule has 0 aromatic rings. The first-order valence-corrected chi connectivity index (χ1v) is 3.97. The number of nitrogens with one attached hydrogen (secondary N) is 1. The lowest BCUT2D eigenvalue weighted by atomic mass is 10.3. The summed E-state index contributed by atoms with van der Waals surface area (Å²) in [7, 11) is 3.99. The van der Waals surface area contributed by atoms with Crippen LogP contribution < -0.4 is 5.32 Å². The summed E-state index contributed by atoms with van der Waals surface area (Å²) in [4.78, 5) is 13.0. The van der Waals surface area contributed by atoms with Gasteiger partial charge in [-0.3, -0.25) is 4.79 Å². The molecule has 0 rings (SSSR count). The van der Waals surface area contributed by atoms with Crippen LogP contribution in [0.1, 0.15) is 13.3 Å². The highest BCUT2D eigenvalue weighted by Crippen LogP contribution is 1.89. The number of amides is 1. The minimum Gasteiger partial charge on any atom is -0.347 e. The van der Waals surface area contributed by atoms with Crippen molar-refractivity contribution in [2.24, 2.45) is 0 Å². The first-order chi connectivity index (χ1) is 5.54. The molecule has 0 atom stereocenters. The van der Waals surface area contributed by atoms with E-state index in [1.54, 1.807) is 13.5 Å². The normalized spacial score (nSPS) is 10.0. The van der Waals surface area contributed by atoms with E-state index in [1.165, 1.54) is 0 Å². The molecule has 1 N–H and O–H groups in total. The van der Waals surface area contributed by atoms with E-state index in [-0.39, 0.29) is 5.91 Å². The van der Waals surface area contributed by atoms with Gasteiger partial charge in [-0.05, 0) is 34.0 Å². The second kappa shape index (κ2) is 5.77. The van der Waals surface area contributed by atoms with E-state index >= 15 is 0 Å². The van der Waals surface area contributed by atoms with Crippen molar-refractivity contribution in [1.29, 1.82) is 0 Å². The average molecular weight is 169 g/mol. The molecule has 3 nitrogen and oxygen atoms in total. The Morgan fingerprint density at radius 2 is 2.17 bits per heavy atom. The number of rotatable bonds is 5. The van der Waals surface area contributed by atoms with Gasteiger partial charge in [0.2, 0.25) is 5.91 Å². The zero-order valence-electron chi connectivity index (χ0n) is 8.05. The molecule has 0 aliphatic rings. The number of nitrogens with zero attached hydrogens (tertiary/aromatic N) is 1. The van der Waals surface area contributed by atoms with Gasteiger partial charge < -0.3 is 10.2 Å². The lowest BCUT2D eigenvalue weighted by Crippen LogP contribution is -2.23. The van der Waals surface area contributed by atoms with Crippen molar-refractivity contribution in [3.63, 3.8) is 0 Å². The average Bonchev–Trinajstić information content (AvgIpc) is 1.97. The maximum Gasteiger partial charge on any atom is 0.246 e. The Labute approximate surface area is 74.4 Å². The van der Waals surface area contributed by atoms with Crippen LogP contribution in [-0.2, 0) is 4.79 Å². The zero-order valence-corrected chi connectivity index (χ0v) is 8.05. The van der Waals surface area contributed by atoms with E-state index in [0.717, 1.165) is 13.0 Å². The smallest absolute Gasteiger partial charge is 0.246 e. The van der Waals surface area contributed by atoms with E-state index < -0.39 is 0 Å². The Kier molecular flexibility index (Phi) is 5.37. The lowest BCUT2D eigenvalue weighted by Gasteiger charge is -2.08. The molecule has 0 saturated heterocycles. The van der Waals surface area contributed by atoms with Crippen molar-refractivity contribution in [2.45, 2.75) is 13.3 Å². The summed E-state index contributed by atoms with van der Waals surface area (Å²) in [5.74, 6) is -0.103. The molecule has 69 valence electrons. The van der Waals surface area contributed by atoms with E-state index in [0.29, 0.717) is 5.57 Å². The predicted molar refractivity (Wildman–Crippen MR) is 50.4 cm³/mol. The molecule has 12 heavy (non-hydrogen) atoms. The van der Waals surface area contributed by atoms with Gasteiger partial charge in [0.05, 0.1) is 6.54 Å². The summed E-state index contributed by atoms with van der Waals surface area (Å²) < 4.78 is 0. The van der Waals surface area contributed by atoms with Crippen molar-refractivity contribution in [3.8, 4) is 0 Å². The van der Waals surface area contributed by atoms with Gasteiger partial charge in [-0.25, -0.2) is 0 Å². The third-order valence-electron chi connectivity index (χ3n) is 1.34. The number of carbonyl (C=O) groups excluding carboxylic acids is 1. The molecule has 0 heterocycles. The van der Waals surface area contributed by atoms with Gasteiger partial charge in [-0.1, -0.05) is 6.58 Å². The van der Waals surface area contributed by atoms with Crippen LogP contribution >= 0.6 is 0 Å². The number of hydrogen-bond acceptors (Lipinski definition) is 2. The van der Waals surface area contributed by atoms with Gasteiger partial charge in [0.1, 0.15) is 0 Å². The minimum absolute atomic E-state index is 0.103. The summed E-state index contributed by atoms with van der Waals surface area (Å²) >= 11 is 0. The molecule has 0 bridgehead atoms. The summed E-state index contributed by atoms with van der Waals surface area (Å²) in [6.07, 6.45) is 0.853. The van der Waals surface area contributed by atoms with Gasteiger partial charge in [0.15, 0.2) is 0 Å². The zero-order chi connectivity index (χ0) is 9.56. The molecule has 0 aliphatic heterocycles. The van der Waals surface area contributed by atoms with E-state index in [4.69, 9.17) is 0 Å². The Balaban J connectivity index is 3.32. The van der Waals surface area contributed by atoms with Crippen LogP contribution in [0.2, 0.25) is 0 Å². The van der Waals surface area contributed by atoms with Gasteiger partial charge in [-0.15, -0.1) is 0 Å². The molecular formula is C9H17N2O. The van der Waals surface area contributed by atoms with Crippen LogP contribution in [0, 0.1) is 6.54 Å². The lowest BCUT2D eigenvalue weighted by molar-refractivity contribution is -0.116. The first-order valence-electron chi connectivity index (χ1n) is 3.97. The summed E-state index contributed by atoms with van der Waals surface area (Å²) in [5.41, 5.74) is 0.538. The second-order valence-corrected chi connectivity index (χ2v) is 3.05. The molecule has 0 fully saturated rings. The SMILES string of the molecule is C=C(C)C(=O)N[CH]CCN(C)C. The summed E-state index contributed by atoms with van der Waals surface area (Å²) in [5, 5.41) is 2.65. The molecular weight excluding hydrogens is 152 g/mol. The molecule has 0 spiro atoms. The fourth-order valence-corrected chi connectivity index (χ4v) is 0.611. The van der Waals surface area contributed by atoms with Gasteiger partial charge >= 0.3 is 0 Å². The summed E-state index contributed by atoms with van der Waals surface area (Å²) in [6.45, 7) is 7.92. The molecule has 0 aromatic heterocycles. The molecule has 0 aliphatic carbocycles. The van der Waals surface area contributed by atoms with Crippen molar-refractivity contribution >= 4 is 5.91 Å². The first kappa shape index (κ1) is 11.2. The van der Waals surface area contributed by atoms with Gasteiger partial charge in [-0.2, -0.15) is 0 Å². The Bertz CT molecular complexity index is 164. The standard InChI is InChI=1S/C9H17N2O/c1-8(2)9(12)10-6-5-7-11(3)4/h6H,1,5,7H2,2-4H3,(H,10,12). The van der Waals surface area contributed by atoms with Crippen LogP contribution in [0.5, 0.6) is 0 Å². The third kappa shape index (κ3) is 5.92. The van der Waals surface area contributed by atoms with Crippen LogP contribution in [0.3, 0.4) is 0 Å². The highest BCUT2D eigenvalue weighted by atomic mass is 16.1. The van der Waals surface area contributed by atoms with Crippen LogP contribution in [0.25, 0.3) is 0 Å². The van der Waals surface area contributed by atoms with E-state index in [9.17, 15) is 4.79 Å². The monoisotopic (exact) mass is 169 g/mol. The Morgan fingerprint density at radius 1 is 1.58 bits per heavy atom. The Morgan fingerprint density at radius 3 is 2.58 bits per heavy atom. The van der Waals surface area contributed by atoms with Crippen molar-refractivity contribution in [1.82, 2.24) is 10.2 Å². The molecule has 1 amide bonds. The Hall–Kier alpha value is -0.830. The number of hydrogen-bond donors (Lipinski definition) is 1. The second-order valence-electron chi connectivity index (χ2n) is 3.05. The molecule has 0 aromatic carbocycles. The largest absolute Gasteiger partial charge is 0.347 e. The highest BCUT2D eigenvalue weighted by Gasteiger charge is 1.99. The predicted octanol–water partition coefficient (Wildman–Crippen LogP) is 0.792. The van der Waals surface area contributed by atoms with Gasteiger partial charge in [0, 0.05) is 5.57 Å². The van der Waals surface area contributed by atoms with Gasteiger partial charge in [0.25, 0.3) is 0 Å². The summed E-state index contributed by atoms with van der Waals surface area (Å²) in [6, 6.07) is 0. The van der Waals surface area contributed by atoms with Crippen molar-refractivity contribution in [3.05, 3.63) is 18.7 Å². The maximum atomic E-state index is 10.9. The fourth-order valence-electron chi connectivity index (χ4n) is 0.611. The maximum absolute atomic E-state index is 10.9. The molecule has 3 heteroatoms. The van der Waals surface area contributed by atoms with E-state index in [1.807, 2.05) is 14.1 Å². The van der Waals surface area contributed by atoms with Crippen molar-refractivity contribution < 1.29 is 4.79 Å². The minimum atomic E-state index is -0.103. The molecule has 1 radical (unpaired) electrons. The van der Waals surface area contributed by atoms with E-state index in [2.05, 4.69) is 16.8 Å². The third-order valence-corrected chi connectivity index (χ3v) is 1.34. The van der Waals surface area contributed by atoms with Crippen molar-refractivity contribution in [2.75, 3.05) is 20.6 Å². The van der Waals surface area contributed by atoms with Crippen LogP contribution in [0.4, 0.5) is 0 Å². The molecule has 0 saturated carbocycles. The number of carbonyl (C=O) groups is 1. The van der Waals surface area contributed by atoms with Crippen LogP contribution in [-0.4, -0.2) is 31.4 Å². The fraction of sp³-hybridized carbons (Fsp3) is 0.556. The highest BCUT2D eigenvalue weighted by molar-refractivity contribution is 5.92. The quantitative estimate of drug-likeness (QED) is 0.487. The van der Waals surface area contributed by atoms with Crippen LogP contribution in [0.15, 0.2) is 12.2 Å². The molecule has 0 unspecified atom stereocenters.